The van der Waals surface area contributed by atoms with Gasteiger partial charge in [0.2, 0.25) is 0 Å². The van der Waals surface area contributed by atoms with Crippen LogP contribution in [0.1, 0.15) is 36.0 Å². The fourth-order valence-electron chi connectivity index (χ4n) is 4.45. The molecule has 1 aliphatic heterocycles. The molecule has 0 atom stereocenters. The quantitative estimate of drug-likeness (QED) is 0.579. The second kappa shape index (κ2) is 11.0. The number of nitrogens with zero attached hydrogens (tertiary/aromatic N) is 4. The number of carbonyl (C=O) groups excluding carboxylic acids is 1. The molecule has 2 amide bonds. The number of aromatic nitrogens is 2. The SMILES string of the molecule is CCc1nc(C)nc(N2CCCN(C(=O)Nc3ccccc3OC)CC2)c1Cc1ccccc1. The second-order valence-corrected chi connectivity index (χ2v) is 8.49. The van der Waals surface area contributed by atoms with Crippen LogP contribution in [0.25, 0.3) is 0 Å². The van der Waals surface area contributed by atoms with Gasteiger partial charge in [-0.25, -0.2) is 14.8 Å². The Morgan fingerprint density at radius 2 is 1.76 bits per heavy atom. The Morgan fingerprint density at radius 1 is 1.00 bits per heavy atom. The van der Waals surface area contributed by atoms with Crippen LogP contribution < -0.4 is 15.0 Å². The lowest BCUT2D eigenvalue weighted by molar-refractivity contribution is 0.215. The summed E-state index contributed by atoms with van der Waals surface area (Å²) in [5.41, 5.74) is 4.21. The van der Waals surface area contributed by atoms with Crippen molar-refractivity contribution in [3.63, 3.8) is 0 Å². The lowest BCUT2D eigenvalue weighted by Crippen LogP contribution is -2.38. The van der Waals surface area contributed by atoms with Crippen molar-refractivity contribution in [2.75, 3.05) is 43.5 Å². The Labute approximate surface area is 201 Å². The van der Waals surface area contributed by atoms with E-state index in [9.17, 15) is 4.79 Å². The molecule has 1 aliphatic rings. The van der Waals surface area contributed by atoms with Gasteiger partial charge in [0.1, 0.15) is 17.4 Å². The lowest BCUT2D eigenvalue weighted by atomic mass is 10.0. The summed E-state index contributed by atoms with van der Waals surface area (Å²) in [6.45, 7) is 6.99. The van der Waals surface area contributed by atoms with Gasteiger partial charge in [-0.1, -0.05) is 49.4 Å². The largest absolute Gasteiger partial charge is 0.495 e. The first-order valence-corrected chi connectivity index (χ1v) is 11.9. The minimum Gasteiger partial charge on any atom is -0.495 e. The standard InChI is InChI=1S/C27H33N5O2/c1-4-23-22(19-21-11-6-5-7-12-21)26(29-20(2)28-23)31-15-10-16-32(18-17-31)27(33)30-24-13-8-9-14-25(24)34-3/h5-9,11-14H,4,10,15-19H2,1-3H3,(H,30,33). The molecule has 7 nitrogen and oxygen atoms in total. The van der Waals surface area contributed by atoms with E-state index >= 15 is 0 Å². The molecule has 1 N–H and O–H groups in total. The highest BCUT2D eigenvalue weighted by molar-refractivity contribution is 5.91. The van der Waals surface area contributed by atoms with E-state index in [4.69, 9.17) is 14.7 Å². The zero-order chi connectivity index (χ0) is 23.9. The summed E-state index contributed by atoms with van der Waals surface area (Å²) in [6, 6.07) is 17.8. The molecule has 34 heavy (non-hydrogen) atoms. The Balaban J connectivity index is 1.52. The lowest BCUT2D eigenvalue weighted by Gasteiger charge is -2.26. The van der Waals surface area contributed by atoms with E-state index < -0.39 is 0 Å². The summed E-state index contributed by atoms with van der Waals surface area (Å²) in [5, 5.41) is 3.00. The minimum atomic E-state index is -0.107. The molecule has 4 rings (SSSR count). The predicted octanol–water partition coefficient (Wildman–Crippen LogP) is 4.69. The van der Waals surface area contributed by atoms with E-state index in [0.717, 1.165) is 49.7 Å². The number of para-hydroxylation sites is 2. The first kappa shape index (κ1) is 23.5. The molecule has 0 bridgehead atoms. The topological polar surface area (TPSA) is 70.6 Å². The first-order chi connectivity index (χ1) is 16.6. The predicted molar refractivity (Wildman–Crippen MR) is 136 cm³/mol. The molecule has 0 unspecified atom stereocenters. The molecular formula is C27H33N5O2. The summed E-state index contributed by atoms with van der Waals surface area (Å²) in [7, 11) is 1.61. The van der Waals surface area contributed by atoms with Crippen LogP contribution >= 0.6 is 0 Å². The van der Waals surface area contributed by atoms with Gasteiger partial charge in [-0.15, -0.1) is 0 Å². The number of rotatable bonds is 6. The maximum absolute atomic E-state index is 13.0. The van der Waals surface area contributed by atoms with Crippen LogP contribution in [0, 0.1) is 6.92 Å². The van der Waals surface area contributed by atoms with Gasteiger partial charge in [0.15, 0.2) is 0 Å². The average molecular weight is 460 g/mol. The smallest absolute Gasteiger partial charge is 0.322 e. The van der Waals surface area contributed by atoms with Crippen LogP contribution in [-0.2, 0) is 12.8 Å². The van der Waals surface area contributed by atoms with Crippen LogP contribution in [-0.4, -0.2) is 54.2 Å². The van der Waals surface area contributed by atoms with Crippen LogP contribution in [0.3, 0.4) is 0 Å². The van der Waals surface area contributed by atoms with Crippen LogP contribution in [0.15, 0.2) is 54.6 Å². The highest BCUT2D eigenvalue weighted by Crippen LogP contribution is 2.27. The summed E-state index contributed by atoms with van der Waals surface area (Å²) in [6.07, 6.45) is 2.53. The summed E-state index contributed by atoms with van der Waals surface area (Å²) >= 11 is 0. The Hall–Kier alpha value is -3.61. The summed E-state index contributed by atoms with van der Waals surface area (Å²) in [4.78, 5) is 26.8. The Morgan fingerprint density at radius 3 is 2.53 bits per heavy atom. The fourth-order valence-corrected chi connectivity index (χ4v) is 4.45. The van der Waals surface area contributed by atoms with Gasteiger partial charge in [-0.3, -0.25) is 0 Å². The monoisotopic (exact) mass is 459 g/mol. The molecule has 3 aromatic rings. The Bertz CT molecular complexity index is 1120. The molecule has 1 saturated heterocycles. The van der Waals surface area contributed by atoms with Crippen molar-refractivity contribution in [3.8, 4) is 5.75 Å². The number of nitrogens with one attached hydrogen (secondary N) is 1. The molecule has 0 radical (unpaired) electrons. The molecule has 2 aromatic carbocycles. The van der Waals surface area contributed by atoms with Crippen LogP contribution in [0.2, 0.25) is 0 Å². The van der Waals surface area contributed by atoms with Crippen molar-refractivity contribution in [1.29, 1.82) is 0 Å². The molecular weight excluding hydrogens is 426 g/mol. The third-order valence-corrected chi connectivity index (χ3v) is 6.17. The zero-order valence-electron chi connectivity index (χ0n) is 20.3. The number of hydrogen-bond donors (Lipinski definition) is 1. The fraction of sp³-hybridized carbons (Fsp3) is 0.370. The van der Waals surface area contributed by atoms with Gasteiger partial charge < -0.3 is 19.9 Å². The van der Waals surface area contributed by atoms with E-state index in [1.165, 1.54) is 11.1 Å². The Kier molecular flexibility index (Phi) is 7.62. The maximum Gasteiger partial charge on any atom is 0.322 e. The highest BCUT2D eigenvalue weighted by Gasteiger charge is 2.24. The van der Waals surface area contributed by atoms with E-state index in [2.05, 4.69) is 41.4 Å². The van der Waals surface area contributed by atoms with Gasteiger partial charge >= 0.3 is 6.03 Å². The molecule has 7 heteroatoms. The van der Waals surface area contributed by atoms with Crippen LogP contribution in [0.5, 0.6) is 5.75 Å². The van der Waals surface area contributed by atoms with Gasteiger partial charge in [0.05, 0.1) is 12.8 Å². The average Bonchev–Trinajstić information content (AvgIpc) is 3.12. The number of hydrogen-bond acceptors (Lipinski definition) is 5. The third kappa shape index (κ3) is 5.47. The number of amides is 2. The van der Waals surface area contributed by atoms with E-state index in [1.54, 1.807) is 7.11 Å². The van der Waals surface area contributed by atoms with E-state index in [-0.39, 0.29) is 6.03 Å². The van der Waals surface area contributed by atoms with Crippen LogP contribution in [0.4, 0.5) is 16.3 Å². The number of carbonyl (C=O) groups is 1. The van der Waals surface area contributed by atoms with E-state index in [1.807, 2.05) is 42.2 Å². The number of urea groups is 1. The minimum absolute atomic E-state index is 0.107. The molecule has 1 fully saturated rings. The summed E-state index contributed by atoms with van der Waals surface area (Å²) < 4.78 is 5.37. The number of aryl methyl sites for hydroxylation is 2. The number of anilines is 2. The van der Waals surface area contributed by atoms with Gasteiger partial charge in [0, 0.05) is 43.9 Å². The highest BCUT2D eigenvalue weighted by atomic mass is 16.5. The van der Waals surface area contributed by atoms with Crippen molar-refractivity contribution in [1.82, 2.24) is 14.9 Å². The van der Waals surface area contributed by atoms with Crippen molar-refractivity contribution in [2.24, 2.45) is 0 Å². The normalized spacial score (nSPS) is 14.0. The maximum atomic E-state index is 13.0. The molecule has 0 saturated carbocycles. The van der Waals surface area contributed by atoms with E-state index in [0.29, 0.717) is 24.5 Å². The number of ether oxygens (including phenoxy) is 1. The first-order valence-electron chi connectivity index (χ1n) is 11.9. The molecule has 2 heterocycles. The van der Waals surface area contributed by atoms with Crippen molar-refractivity contribution in [2.45, 2.75) is 33.1 Å². The zero-order valence-corrected chi connectivity index (χ0v) is 20.3. The third-order valence-electron chi connectivity index (χ3n) is 6.17. The molecule has 0 aliphatic carbocycles. The van der Waals surface area contributed by atoms with Crippen molar-refractivity contribution >= 4 is 17.5 Å². The van der Waals surface area contributed by atoms with Gasteiger partial charge in [0.25, 0.3) is 0 Å². The number of benzene rings is 2. The summed E-state index contributed by atoms with van der Waals surface area (Å²) in [5.74, 6) is 2.44. The molecule has 0 spiro atoms. The van der Waals surface area contributed by atoms with Crippen molar-refractivity contribution < 1.29 is 9.53 Å². The second-order valence-electron chi connectivity index (χ2n) is 8.49. The molecule has 1 aromatic heterocycles. The van der Waals surface area contributed by atoms with Gasteiger partial charge in [-0.05, 0) is 37.5 Å². The van der Waals surface area contributed by atoms with Crippen molar-refractivity contribution in [3.05, 3.63) is 77.2 Å². The molecule has 178 valence electrons. The van der Waals surface area contributed by atoms with Gasteiger partial charge in [-0.2, -0.15) is 0 Å². The number of methoxy groups -OCH3 is 1.